The molecule has 24 heavy (non-hydrogen) atoms. The third-order valence-corrected chi connectivity index (χ3v) is 4.49. The molecule has 2 N–H and O–H groups in total. The van der Waals surface area contributed by atoms with E-state index in [0.717, 1.165) is 32.7 Å². The van der Waals surface area contributed by atoms with Crippen LogP contribution in [0.25, 0.3) is 32.7 Å². The minimum absolute atomic E-state index is 0.473. The van der Waals surface area contributed by atoms with Gasteiger partial charge >= 0.3 is 8.60 Å². The maximum absolute atomic E-state index is 9.36. The first-order chi connectivity index (χ1) is 11.7. The predicted molar refractivity (Wildman–Crippen MR) is 98.9 cm³/mol. The summed E-state index contributed by atoms with van der Waals surface area (Å²) in [5, 5.41) is 4.32. The third-order valence-electron chi connectivity index (χ3n) is 4.13. The van der Waals surface area contributed by atoms with Crippen molar-refractivity contribution < 1.29 is 14.3 Å². The highest BCUT2D eigenvalue weighted by Crippen LogP contribution is 2.43. The van der Waals surface area contributed by atoms with Crippen molar-refractivity contribution >= 4 is 30.1 Å². The van der Waals surface area contributed by atoms with E-state index in [0.29, 0.717) is 5.75 Å². The second kappa shape index (κ2) is 6.21. The topological polar surface area (TPSA) is 49.7 Å². The highest BCUT2D eigenvalue weighted by Gasteiger charge is 2.16. The Morgan fingerprint density at radius 3 is 2.00 bits per heavy atom. The van der Waals surface area contributed by atoms with Gasteiger partial charge in [-0.05, 0) is 33.2 Å². The predicted octanol–water partition coefficient (Wildman–Crippen LogP) is 5.25. The van der Waals surface area contributed by atoms with Crippen LogP contribution in [-0.4, -0.2) is 9.79 Å². The molecule has 0 aliphatic carbocycles. The Morgan fingerprint density at radius 1 is 0.625 bits per heavy atom. The van der Waals surface area contributed by atoms with Crippen molar-refractivity contribution in [1.29, 1.82) is 0 Å². The molecule has 0 unspecified atom stereocenters. The van der Waals surface area contributed by atoms with Gasteiger partial charge in [-0.2, -0.15) is 0 Å². The minimum atomic E-state index is -2.48. The maximum Gasteiger partial charge on any atom is 0.391 e. The van der Waals surface area contributed by atoms with Crippen LogP contribution in [0.4, 0.5) is 0 Å². The van der Waals surface area contributed by atoms with E-state index >= 15 is 0 Å². The molecule has 0 aliphatic heterocycles. The molecule has 4 aromatic rings. The van der Waals surface area contributed by atoms with Crippen molar-refractivity contribution in [1.82, 2.24) is 0 Å². The van der Waals surface area contributed by atoms with Gasteiger partial charge in [0.2, 0.25) is 0 Å². The molecule has 0 aliphatic rings. The van der Waals surface area contributed by atoms with Gasteiger partial charge in [-0.25, -0.2) is 0 Å². The molecular weight excluding hydrogens is 319 g/mol. The second-order valence-electron chi connectivity index (χ2n) is 5.53. The molecule has 0 saturated carbocycles. The van der Waals surface area contributed by atoms with Crippen LogP contribution in [0.3, 0.4) is 0 Å². The molecule has 0 bridgehead atoms. The highest BCUT2D eigenvalue weighted by atomic mass is 31.2. The number of fused-ring (bicyclic) bond motifs is 2. The van der Waals surface area contributed by atoms with Crippen LogP contribution in [0.2, 0.25) is 0 Å². The van der Waals surface area contributed by atoms with Crippen LogP contribution in [-0.2, 0) is 0 Å². The van der Waals surface area contributed by atoms with Crippen LogP contribution in [0, 0.1) is 0 Å². The van der Waals surface area contributed by atoms with E-state index in [4.69, 9.17) is 4.52 Å². The van der Waals surface area contributed by atoms with E-state index in [1.54, 1.807) is 6.07 Å². The summed E-state index contributed by atoms with van der Waals surface area (Å²) in [6, 6.07) is 26.0. The zero-order valence-corrected chi connectivity index (χ0v) is 13.6. The highest BCUT2D eigenvalue weighted by molar-refractivity contribution is 7.39. The summed E-state index contributed by atoms with van der Waals surface area (Å²) in [6.07, 6.45) is 0. The maximum atomic E-state index is 9.36. The largest absolute Gasteiger partial charge is 0.426 e. The average Bonchev–Trinajstić information content (AvgIpc) is 2.61. The van der Waals surface area contributed by atoms with Gasteiger partial charge in [0, 0.05) is 5.56 Å². The van der Waals surface area contributed by atoms with E-state index in [-0.39, 0.29) is 0 Å². The Bertz CT molecular complexity index is 1020. The molecule has 118 valence electrons. The fraction of sp³-hybridized carbons (Fsp3) is 0. The summed E-state index contributed by atoms with van der Waals surface area (Å²) in [5.74, 6) is 0.473. The van der Waals surface area contributed by atoms with E-state index in [9.17, 15) is 9.79 Å². The zero-order chi connectivity index (χ0) is 16.5. The Balaban J connectivity index is 2.10. The van der Waals surface area contributed by atoms with Gasteiger partial charge in [0.15, 0.2) is 0 Å². The van der Waals surface area contributed by atoms with Crippen LogP contribution in [0.1, 0.15) is 0 Å². The second-order valence-corrected chi connectivity index (χ2v) is 6.22. The lowest BCUT2D eigenvalue weighted by atomic mass is 9.93. The molecule has 4 rings (SSSR count). The first-order valence-corrected chi connectivity index (χ1v) is 8.76. The van der Waals surface area contributed by atoms with Gasteiger partial charge in [-0.3, -0.25) is 0 Å². The van der Waals surface area contributed by atoms with Crippen molar-refractivity contribution in [2.75, 3.05) is 0 Å². The minimum Gasteiger partial charge on any atom is -0.426 e. The molecule has 0 saturated heterocycles. The zero-order valence-electron chi connectivity index (χ0n) is 12.8. The molecule has 0 fully saturated rings. The van der Waals surface area contributed by atoms with Crippen LogP contribution >= 0.6 is 8.60 Å². The van der Waals surface area contributed by atoms with Crippen molar-refractivity contribution in [2.45, 2.75) is 0 Å². The molecule has 0 aromatic heterocycles. The lowest BCUT2D eigenvalue weighted by molar-refractivity contribution is 0.376. The molecule has 0 heterocycles. The van der Waals surface area contributed by atoms with Gasteiger partial charge in [-0.15, -0.1) is 0 Å². The Hall–Kier alpha value is -2.45. The fourth-order valence-electron chi connectivity index (χ4n) is 3.14. The van der Waals surface area contributed by atoms with Gasteiger partial charge in [0.05, 0.1) is 0 Å². The van der Waals surface area contributed by atoms with E-state index in [1.165, 1.54) is 0 Å². The lowest BCUT2D eigenvalue weighted by Gasteiger charge is -2.16. The van der Waals surface area contributed by atoms with Crippen molar-refractivity contribution in [2.24, 2.45) is 0 Å². The number of benzene rings is 4. The average molecular weight is 334 g/mol. The summed E-state index contributed by atoms with van der Waals surface area (Å²) in [4.78, 5) is 18.7. The molecule has 4 aromatic carbocycles. The third kappa shape index (κ3) is 2.63. The van der Waals surface area contributed by atoms with Gasteiger partial charge < -0.3 is 14.3 Å². The number of hydrogen-bond acceptors (Lipinski definition) is 3. The Kier molecular flexibility index (Phi) is 3.91. The molecular formula is C20H15O3P. The van der Waals surface area contributed by atoms with Crippen LogP contribution in [0.15, 0.2) is 78.9 Å². The quantitative estimate of drug-likeness (QED) is 0.503. The van der Waals surface area contributed by atoms with Gasteiger partial charge in [0.1, 0.15) is 5.75 Å². The number of hydrogen-bond donors (Lipinski definition) is 2. The molecule has 0 atom stereocenters. The lowest BCUT2D eigenvalue weighted by Crippen LogP contribution is -1.91. The Labute approximate surface area is 140 Å². The normalized spacial score (nSPS) is 11.3. The number of rotatable bonds is 3. The fourth-order valence-corrected chi connectivity index (χ4v) is 3.46. The SMILES string of the molecule is OP(O)Oc1ccc2ccccc2c1-c1cccc2ccccc12. The van der Waals surface area contributed by atoms with Crippen molar-refractivity contribution in [3.63, 3.8) is 0 Å². The van der Waals surface area contributed by atoms with Crippen LogP contribution < -0.4 is 4.52 Å². The molecule has 0 spiro atoms. The first kappa shape index (κ1) is 15.1. The molecule has 0 amide bonds. The van der Waals surface area contributed by atoms with Gasteiger partial charge in [-0.1, -0.05) is 72.8 Å². The molecule has 0 radical (unpaired) electrons. The van der Waals surface area contributed by atoms with E-state index in [2.05, 4.69) is 18.2 Å². The summed E-state index contributed by atoms with van der Waals surface area (Å²) in [6.45, 7) is 0. The summed E-state index contributed by atoms with van der Waals surface area (Å²) < 4.78 is 5.33. The van der Waals surface area contributed by atoms with Gasteiger partial charge in [0.25, 0.3) is 0 Å². The van der Waals surface area contributed by atoms with Crippen molar-refractivity contribution in [3.05, 3.63) is 78.9 Å². The van der Waals surface area contributed by atoms with Crippen molar-refractivity contribution in [3.8, 4) is 16.9 Å². The summed E-state index contributed by atoms with van der Waals surface area (Å²) >= 11 is 0. The Morgan fingerprint density at radius 2 is 1.25 bits per heavy atom. The molecule has 3 nitrogen and oxygen atoms in total. The monoisotopic (exact) mass is 334 g/mol. The first-order valence-electron chi connectivity index (χ1n) is 7.60. The molecule has 4 heteroatoms. The standard InChI is InChI=1S/C20H15O3P/c21-24(22)23-19-13-12-15-7-2-4-10-17(15)20(19)18-11-5-8-14-6-1-3-9-16(14)18/h1-13,21-22H. The van der Waals surface area contributed by atoms with E-state index < -0.39 is 8.60 Å². The van der Waals surface area contributed by atoms with E-state index in [1.807, 2.05) is 54.6 Å². The summed E-state index contributed by atoms with van der Waals surface area (Å²) in [7, 11) is -2.48. The van der Waals surface area contributed by atoms with Crippen LogP contribution in [0.5, 0.6) is 5.75 Å². The smallest absolute Gasteiger partial charge is 0.391 e. The summed E-state index contributed by atoms with van der Waals surface area (Å²) in [5.41, 5.74) is 1.89.